The maximum atomic E-state index is 14.9. The van der Waals surface area contributed by atoms with Gasteiger partial charge in [0.2, 0.25) is 5.82 Å². The second kappa shape index (κ2) is 10.4. The normalized spacial score (nSPS) is 23.3. The largest absolute Gasteiger partial charge is 0.487 e. The standard InChI is InChI=1S/C27H33F2N5O4/c1-27(4-5-27)22-11-17(3-6-34(22)26(36)37)16-38-23-20(28)12-18(13-21(23)29)19-14-30-24(31-15-19)25(35)33-9-7-32(2)8-10-33/h12-15,17,22H,3-11,16H2,1-2H3,(H,36,37). The number of benzene rings is 1. The van der Waals surface area contributed by atoms with Gasteiger partial charge in [0.1, 0.15) is 0 Å². The second-order valence-corrected chi connectivity index (χ2v) is 11.0. The highest BCUT2D eigenvalue weighted by Gasteiger charge is 2.50. The quantitative estimate of drug-likeness (QED) is 0.609. The average molecular weight is 530 g/mol. The van der Waals surface area contributed by atoms with E-state index in [-0.39, 0.29) is 41.3 Å². The number of piperazine rings is 1. The SMILES string of the molecule is CN1CCN(C(=O)c2ncc(-c3cc(F)c(OCC4CCN(C(=O)O)C(C5(C)CC5)C4)c(F)c3)cn2)CC1. The number of likely N-dealkylation sites (N-methyl/N-ethyl adjacent to an activating group) is 1. The Morgan fingerprint density at radius 2 is 1.68 bits per heavy atom. The van der Waals surface area contributed by atoms with Crippen LogP contribution in [-0.2, 0) is 0 Å². The molecular weight excluding hydrogens is 496 g/mol. The first-order chi connectivity index (χ1) is 18.1. The fraction of sp³-hybridized carbons (Fsp3) is 0.556. The Hall–Kier alpha value is -3.34. The number of carbonyl (C=O) groups excluding carboxylic acids is 1. The summed E-state index contributed by atoms with van der Waals surface area (Å²) in [5.74, 6) is -2.35. The van der Waals surface area contributed by atoms with Crippen LogP contribution in [0.2, 0.25) is 0 Å². The Labute approximate surface area is 220 Å². The predicted octanol–water partition coefficient (Wildman–Crippen LogP) is 3.75. The molecule has 1 aromatic heterocycles. The minimum absolute atomic E-state index is 0.00489. The first-order valence-corrected chi connectivity index (χ1v) is 13.1. The molecule has 0 spiro atoms. The fourth-order valence-electron chi connectivity index (χ4n) is 5.41. The maximum absolute atomic E-state index is 14.9. The summed E-state index contributed by atoms with van der Waals surface area (Å²) < 4.78 is 35.4. The summed E-state index contributed by atoms with van der Waals surface area (Å²) in [4.78, 5) is 37.9. The highest BCUT2D eigenvalue weighted by atomic mass is 19.1. The van der Waals surface area contributed by atoms with Crippen molar-refractivity contribution in [2.45, 2.75) is 38.6 Å². The third kappa shape index (κ3) is 5.43. The molecule has 0 radical (unpaired) electrons. The van der Waals surface area contributed by atoms with Crippen LogP contribution < -0.4 is 4.74 Å². The fourth-order valence-corrected chi connectivity index (χ4v) is 5.41. The molecule has 0 bridgehead atoms. The second-order valence-electron chi connectivity index (χ2n) is 11.0. The molecule has 11 heteroatoms. The topological polar surface area (TPSA) is 99.1 Å². The Morgan fingerprint density at radius 1 is 1.05 bits per heavy atom. The summed E-state index contributed by atoms with van der Waals surface area (Å²) in [6.07, 6.45) is 5.01. The molecule has 9 nitrogen and oxygen atoms in total. The van der Waals surface area contributed by atoms with Crippen molar-refractivity contribution in [1.29, 1.82) is 0 Å². The van der Waals surface area contributed by atoms with Gasteiger partial charge in [0, 0.05) is 56.7 Å². The highest BCUT2D eigenvalue weighted by Crippen LogP contribution is 2.53. The Morgan fingerprint density at radius 3 is 2.26 bits per heavy atom. The number of carbonyl (C=O) groups is 2. The lowest BCUT2D eigenvalue weighted by molar-refractivity contribution is 0.0480. The van der Waals surface area contributed by atoms with E-state index in [0.717, 1.165) is 25.9 Å². The zero-order valence-electron chi connectivity index (χ0n) is 21.7. The number of piperidine rings is 1. The van der Waals surface area contributed by atoms with Crippen molar-refractivity contribution in [3.05, 3.63) is 42.0 Å². The molecule has 38 heavy (non-hydrogen) atoms. The third-order valence-electron chi connectivity index (χ3n) is 8.23. The summed E-state index contributed by atoms with van der Waals surface area (Å²) in [6.45, 7) is 5.33. The Kier molecular flexibility index (Phi) is 7.21. The number of ether oxygens (including phenoxy) is 1. The van der Waals surface area contributed by atoms with Crippen molar-refractivity contribution in [1.82, 2.24) is 24.7 Å². The summed E-state index contributed by atoms with van der Waals surface area (Å²) >= 11 is 0. The van der Waals surface area contributed by atoms with Crippen LogP contribution >= 0.6 is 0 Å². The van der Waals surface area contributed by atoms with E-state index in [2.05, 4.69) is 21.8 Å². The first kappa shape index (κ1) is 26.3. The predicted molar refractivity (Wildman–Crippen MR) is 135 cm³/mol. The summed E-state index contributed by atoms with van der Waals surface area (Å²) in [7, 11) is 2.00. The van der Waals surface area contributed by atoms with Crippen LogP contribution in [-0.4, -0.2) is 94.2 Å². The van der Waals surface area contributed by atoms with Crippen LogP contribution in [0.15, 0.2) is 24.5 Å². The Bertz CT molecular complexity index is 1180. The van der Waals surface area contributed by atoms with Crippen molar-refractivity contribution in [3.8, 4) is 16.9 Å². The van der Waals surface area contributed by atoms with Crippen LogP contribution in [0.25, 0.3) is 11.1 Å². The van der Waals surface area contributed by atoms with Crippen LogP contribution in [0.4, 0.5) is 13.6 Å². The van der Waals surface area contributed by atoms with Gasteiger partial charge < -0.3 is 24.5 Å². The number of hydrogen-bond donors (Lipinski definition) is 1. The van der Waals surface area contributed by atoms with Crippen molar-refractivity contribution in [2.24, 2.45) is 11.3 Å². The van der Waals surface area contributed by atoms with E-state index in [4.69, 9.17) is 4.74 Å². The minimum atomic E-state index is -0.920. The van der Waals surface area contributed by atoms with Gasteiger partial charge in [0.25, 0.3) is 5.91 Å². The molecule has 1 aromatic carbocycles. The van der Waals surface area contributed by atoms with Crippen LogP contribution in [0.5, 0.6) is 5.75 Å². The highest BCUT2D eigenvalue weighted by molar-refractivity contribution is 5.90. The van der Waals surface area contributed by atoms with Gasteiger partial charge in [-0.05, 0) is 61.8 Å². The molecule has 2 atom stereocenters. The van der Waals surface area contributed by atoms with Gasteiger partial charge in [-0.2, -0.15) is 0 Å². The van der Waals surface area contributed by atoms with Gasteiger partial charge in [-0.1, -0.05) is 6.92 Å². The van der Waals surface area contributed by atoms with Crippen LogP contribution in [0.3, 0.4) is 0 Å². The average Bonchev–Trinajstić information content (AvgIpc) is 3.66. The van der Waals surface area contributed by atoms with E-state index >= 15 is 0 Å². The van der Waals surface area contributed by atoms with Crippen LogP contribution in [0, 0.1) is 23.0 Å². The summed E-state index contributed by atoms with van der Waals surface area (Å²) in [6, 6.07) is 2.23. The molecule has 204 valence electrons. The molecule has 2 unspecified atom stereocenters. The molecule has 2 aliphatic heterocycles. The molecule has 3 fully saturated rings. The van der Waals surface area contributed by atoms with E-state index in [1.165, 1.54) is 29.4 Å². The zero-order valence-corrected chi connectivity index (χ0v) is 21.7. The third-order valence-corrected chi connectivity index (χ3v) is 8.23. The zero-order chi connectivity index (χ0) is 27.0. The summed E-state index contributed by atoms with van der Waals surface area (Å²) in [5, 5.41) is 9.56. The number of carboxylic acid groups (broad SMARTS) is 1. The van der Waals surface area contributed by atoms with Gasteiger partial charge in [0.15, 0.2) is 17.4 Å². The number of likely N-dealkylation sites (tertiary alicyclic amines) is 1. The lowest BCUT2D eigenvalue weighted by Gasteiger charge is -2.41. The molecule has 1 N–H and O–H groups in total. The van der Waals surface area contributed by atoms with Crippen LogP contribution in [0.1, 0.15) is 43.2 Å². The minimum Gasteiger partial charge on any atom is -0.487 e. The van der Waals surface area contributed by atoms with Crippen molar-refractivity contribution in [3.63, 3.8) is 0 Å². The molecule has 1 saturated carbocycles. The number of hydrogen-bond acceptors (Lipinski definition) is 6. The smallest absolute Gasteiger partial charge is 0.407 e. The molecule has 3 aliphatic rings. The molecule has 2 aromatic rings. The monoisotopic (exact) mass is 529 g/mol. The number of amides is 2. The lowest BCUT2D eigenvalue weighted by atomic mass is 9.83. The van der Waals surface area contributed by atoms with Gasteiger partial charge in [-0.15, -0.1) is 0 Å². The molecule has 2 amide bonds. The van der Waals surface area contributed by atoms with E-state index in [0.29, 0.717) is 38.0 Å². The summed E-state index contributed by atoms with van der Waals surface area (Å²) in [5.41, 5.74) is 0.593. The van der Waals surface area contributed by atoms with E-state index in [1.807, 2.05) is 7.05 Å². The number of aromatic nitrogens is 2. The molecule has 2 saturated heterocycles. The van der Waals surface area contributed by atoms with E-state index in [1.54, 1.807) is 4.90 Å². The first-order valence-electron chi connectivity index (χ1n) is 13.1. The number of halogens is 2. The number of nitrogens with zero attached hydrogens (tertiary/aromatic N) is 5. The van der Waals surface area contributed by atoms with Gasteiger partial charge in [-0.25, -0.2) is 23.5 Å². The molecule has 1 aliphatic carbocycles. The van der Waals surface area contributed by atoms with Crippen molar-refractivity contribution >= 4 is 12.0 Å². The lowest BCUT2D eigenvalue weighted by Crippen LogP contribution is -2.50. The Balaban J connectivity index is 1.23. The van der Waals surface area contributed by atoms with E-state index < -0.39 is 23.5 Å². The maximum Gasteiger partial charge on any atom is 0.407 e. The van der Waals surface area contributed by atoms with Gasteiger partial charge in [-0.3, -0.25) is 4.79 Å². The van der Waals surface area contributed by atoms with E-state index in [9.17, 15) is 23.5 Å². The van der Waals surface area contributed by atoms with Crippen molar-refractivity contribution in [2.75, 3.05) is 46.4 Å². The number of rotatable bonds is 6. The molecular formula is C27H33F2N5O4. The van der Waals surface area contributed by atoms with Gasteiger partial charge in [0.05, 0.1) is 6.61 Å². The van der Waals surface area contributed by atoms with Gasteiger partial charge >= 0.3 is 6.09 Å². The molecule has 3 heterocycles. The van der Waals surface area contributed by atoms with Crippen molar-refractivity contribution < 1.29 is 28.2 Å². The molecule has 5 rings (SSSR count).